The molecular formula is C42H23NO3. The van der Waals surface area contributed by atoms with Crippen LogP contribution in [0.15, 0.2) is 153 Å². The summed E-state index contributed by atoms with van der Waals surface area (Å²) in [6, 6.07) is 49.0. The van der Waals surface area contributed by atoms with Gasteiger partial charge in [-0.05, 0) is 83.9 Å². The summed E-state index contributed by atoms with van der Waals surface area (Å²) >= 11 is 0. The van der Waals surface area contributed by atoms with Gasteiger partial charge in [-0.3, -0.25) is 0 Å². The average molecular weight is 590 g/mol. The van der Waals surface area contributed by atoms with Crippen molar-refractivity contribution in [3.05, 3.63) is 140 Å². The Morgan fingerprint density at radius 3 is 1.46 bits per heavy atom. The highest BCUT2D eigenvalue weighted by molar-refractivity contribution is 6.20. The van der Waals surface area contributed by atoms with Crippen molar-refractivity contribution in [2.24, 2.45) is 0 Å². The molecule has 0 N–H and O–H groups in total. The molecule has 0 spiro atoms. The fourth-order valence-electron chi connectivity index (χ4n) is 7.48. The van der Waals surface area contributed by atoms with Crippen molar-refractivity contribution >= 4 is 87.6 Å². The predicted molar refractivity (Wildman–Crippen MR) is 188 cm³/mol. The fraction of sp³-hybridized carbons (Fsp3) is 0. The van der Waals surface area contributed by atoms with Gasteiger partial charge in [0.2, 0.25) is 0 Å². The van der Waals surface area contributed by atoms with Gasteiger partial charge in [0.1, 0.15) is 22.3 Å². The number of hydrogen-bond acceptors (Lipinski definition) is 3. The second-order valence-corrected chi connectivity index (χ2v) is 12.1. The quantitative estimate of drug-likeness (QED) is 0.201. The number of hydrogen-bond donors (Lipinski definition) is 0. The van der Waals surface area contributed by atoms with Crippen molar-refractivity contribution < 1.29 is 13.3 Å². The van der Waals surface area contributed by atoms with Gasteiger partial charge in [0.05, 0.1) is 11.0 Å². The maximum atomic E-state index is 6.52. The Labute approximate surface area is 261 Å². The van der Waals surface area contributed by atoms with Gasteiger partial charge >= 0.3 is 0 Å². The van der Waals surface area contributed by atoms with Gasteiger partial charge in [0.25, 0.3) is 0 Å². The number of rotatable bonds is 2. The smallest absolute Gasteiger partial charge is 0.178 e. The molecule has 4 heterocycles. The molecule has 0 radical (unpaired) electrons. The van der Waals surface area contributed by atoms with E-state index in [0.717, 1.165) is 82.6 Å². The first-order valence-electron chi connectivity index (χ1n) is 15.5. The largest absolute Gasteiger partial charge is 0.456 e. The van der Waals surface area contributed by atoms with Crippen molar-refractivity contribution in [2.45, 2.75) is 0 Å². The van der Waals surface area contributed by atoms with Crippen molar-refractivity contribution in [1.82, 2.24) is 4.57 Å². The average Bonchev–Trinajstić information content (AvgIpc) is 3.86. The van der Waals surface area contributed by atoms with E-state index in [2.05, 4.69) is 132 Å². The number of para-hydroxylation sites is 3. The number of benzene rings is 7. The van der Waals surface area contributed by atoms with E-state index in [4.69, 9.17) is 13.3 Å². The first-order valence-corrected chi connectivity index (χ1v) is 15.5. The first kappa shape index (κ1) is 24.1. The summed E-state index contributed by atoms with van der Waals surface area (Å²) in [5.41, 5.74) is 10.8. The van der Waals surface area contributed by atoms with Crippen molar-refractivity contribution in [2.75, 3.05) is 0 Å². The highest BCUT2D eigenvalue weighted by Gasteiger charge is 2.19. The van der Waals surface area contributed by atoms with Crippen molar-refractivity contribution in [3.63, 3.8) is 0 Å². The van der Waals surface area contributed by atoms with E-state index >= 15 is 0 Å². The molecule has 0 atom stereocenters. The zero-order chi connectivity index (χ0) is 29.9. The van der Waals surface area contributed by atoms with Crippen molar-refractivity contribution in [3.8, 4) is 16.8 Å². The van der Waals surface area contributed by atoms with Gasteiger partial charge in [0, 0.05) is 48.8 Å². The van der Waals surface area contributed by atoms with Crippen LogP contribution in [0.4, 0.5) is 0 Å². The fourth-order valence-corrected chi connectivity index (χ4v) is 7.48. The van der Waals surface area contributed by atoms with Gasteiger partial charge in [-0.1, -0.05) is 66.7 Å². The Balaban J connectivity index is 1.09. The molecule has 0 amide bonds. The van der Waals surface area contributed by atoms with E-state index in [1.165, 1.54) is 21.8 Å². The van der Waals surface area contributed by atoms with Crippen LogP contribution in [0.2, 0.25) is 0 Å². The lowest BCUT2D eigenvalue weighted by Gasteiger charge is -2.07. The maximum Gasteiger partial charge on any atom is 0.178 e. The lowest BCUT2D eigenvalue weighted by molar-refractivity contribution is 0.633. The minimum Gasteiger partial charge on any atom is -0.456 e. The number of furan rings is 3. The highest BCUT2D eigenvalue weighted by atomic mass is 16.4. The monoisotopic (exact) mass is 589 g/mol. The third-order valence-corrected chi connectivity index (χ3v) is 9.61. The molecule has 4 aromatic heterocycles. The molecule has 214 valence electrons. The van der Waals surface area contributed by atoms with Gasteiger partial charge in [-0.15, -0.1) is 0 Å². The second-order valence-electron chi connectivity index (χ2n) is 12.1. The minimum atomic E-state index is 0.774. The van der Waals surface area contributed by atoms with E-state index in [-0.39, 0.29) is 0 Å². The van der Waals surface area contributed by atoms with Crippen LogP contribution in [0.25, 0.3) is 104 Å². The molecule has 0 bridgehead atoms. The van der Waals surface area contributed by atoms with E-state index < -0.39 is 0 Å². The van der Waals surface area contributed by atoms with Crippen LogP contribution in [0, 0.1) is 0 Å². The molecule has 11 rings (SSSR count). The maximum absolute atomic E-state index is 6.52. The second kappa shape index (κ2) is 8.68. The van der Waals surface area contributed by atoms with Gasteiger partial charge in [0.15, 0.2) is 11.2 Å². The van der Waals surface area contributed by atoms with E-state index in [0.29, 0.717) is 0 Å². The lowest BCUT2D eigenvalue weighted by Crippen LogP contribution is -1.93. The molecule has 0 saturated carbocycles. The standard InChI is InChI=1S/C42H23NO3/c1-4-10-35-27(7-1)28-8-2-5-11-36(28)43(35)26-15-20-40-34(23-26)31-17-16-30-33-22-25(14-19-39(33)45-41(30)42(31)46-40)24-13-18-38-32(21-24)29-9-3-6-12-37(29)44-38/h1-23H. The number of nitrogens with zero attached hydrogens (tertiary/aromatic N) is 1. The van der Waals surface area contributed by atoms with E-state index in [9.17, 15) is 0 Å². The Morgan fingerprint density at radius 2 is 0.804 bits per heavy atom. The van der Waals surface area contributed by atoms with Crippen LogP contribution in [-0.4, -0.2) is 4.57 Å². The van der Waals surface area contributed by atoms with Crippen LogP contribution in [0.3, 0.4) is 0 Å². The Morgan fingerprint density at radius 1 is 0.326 bits per heavy atom. The van der Waals surface area contributed by atoms with Crippen LogP contribution in [0.1, 0.15) is 0 Å². The normalized spacial score (nSPS) is 12.3. The summed E-state index contributed by atoms with van der Waals surface area (Å²) in [6.07, 6.45) is 0. The molecule has 0 fully saturated rings. The molecule has 46 heavy (non-hydrogen) atoms. The van der Waals surface area contributed by atoms with Gasteiger partial charge < -0.3 is 17.8 Å². The van der Waals surface area contributed by atoms with Gasteiger partial charge in [-0.25, -0.2) is 0 Å². The Hall–Kier alpha value is -6.26. The zero-order valence-electron chi connectivity index (χ0n) is 24.5. The highest BCUT2D eigenvalue weighted by Crippen LogP contribution is 2.41. The molecule has 11 aromatic rings. The van der Waals surface area contributed by atoms with Crippen molar-refractivity contribution in [1.29, 1.82) is 0 Å². The molecule has 4 nitrogen and oxygen atoms in total. The summed E-state index contributed by atoms with van der Waals surface area (Å²) in [4.78, 5) is 0. The van der Waals surface area contributed by atoms with Crippen LogP contribution in [0.5, 0.6) is 0 Å². The Kier molecular flexibility index (Phi) is 4.55. The Bertz CT molecular complexity index is 2980. The first-order chi connectivity index (χ1) is 22.8. The summed E-state index contributed by atoms with van der Waals surface area (Å²) in [5.74, 6) is 0. The van der Waals surface area contributed by atoms with Crippen LogP contribution >= 0.6 is 0 Å². The number of aromatic nitrogens is 1. The summed E-state index contributed by atoms with van der Waals surface area (Å²) in [7, 11) is 0. The topological polar surface area (TPSA) is 44.4 Å². The third kappa shape index (κ3) is 3.17. The van der Waals surface area contributed by atoms with Crippen LogP contribution in [-0.2, 0) is 0 Å². The van der Waals surface area contributed by atoms with E-state index in [1.807, 2.05) is 12.1 Å². The third-order valence-electron chi connectivity index (χ3n) is 9.61. The SMILES string of the molecule is c1ccc2c(c1)oc1ccc(-c3ccc4oc5c(ccc6c7cc(-n8c9ccccc9c9ccccc98)ccc7oc65)c4c3)cc12. The van der Waals surface area contributed by atoms with Gasteiger partial charge in [-0.2, -0.15) is 0 Å². The molecule has 0 saturated heterocycles. The minimum absolute atomic E-state index is 0.774. The van der Waals surface area contributed by atoms with Crippen LogP contribution < -0.4 is 0 Å². The zero-order valence-corrected chi connectivity index (χ0v) is 24.5. The molecule has 0 aliphatic heterocycles. The predicted octanol–water partition coefficient (Wildman–Crippen LogP) is 12.1. The summed E-state index contributed by atoms with van der Waals surface area (Å²) < 4.78 is 21.4. The summed E-state index contributed by atoms with van der Waals surface area (Å²) in [6.45, 7) is 0. The van der Waals surface area contributed by atoms with E-state index in [1.54, 1.807) is 0 Å². The molecule has 0 aliphatic rings. The summed E-state index contributed by atoms with van der Waals surface area (Å²) in [5, 5.41) is 8.96. The molecular weight excluding hydrogens is 566 g/mol. The number of fused-ring (bicyclic) bond motifs is 13. The molecule has 0 aliphatic carbocycles. The lowest BCUT2D eigenvalue weighted by atomic mass is 10.0. The molecule has 7 aromatic carbocycles. The molecule has 0 unspecified atom stereocenters. The molecule has 4 heteroatoms.